The van der Waals surface area contributed by atoms with Crippen LogP contribution in [0.5, 0.6) is 0 Å². The highest BCUT2D eigenvalue weighted by Crippen LogP contribution is 2.10. The first kappa shape index (κ1) is 57.7. The second-order valence-electron chi connectivity index (χ2n) is 16.5. The molecular formula is C42H81N3O11S2. The molecule has 0 spiro atoms. The number of carbonyl (C=O) groups excluding carboxylic acids is 3. The van der Waals surface area contributed by atoms with Crippen LogP contribution in [0.15, 0.2) is 24.3 Å². The summed E-state index contributed by atoms with van der Waals surface area (Å²) in [6, 6.07) is 0. The molecule has 0 saturated heterocycles. The van der Waals surface area contributed by atoms with E-state index in [1.807, 2.05) is 34.3 Å². The van der Waals surface area contributed by atoms with Crippen molar-refractivity contribution in [3.63, 3.8) is 0 Å². The Hall–Kier alpha value is -2.37. The molecule has 342 valence electrons. The third-order valence-electron chi connectivity index (χ3n) is 9.70. The van der Waals surface area contributed by atoms with E-state index < -0.39 is 32.0 Å². The summed E-state index contributed by atoms with van der Waals surface area (Å²) < 4.78 is 75.2. The van der Waals surface area contributed by atoms with Crippen LogP contribution in [-0.2, 0) is 44.1 Å². The molecule has 0 aliphatic rings. The van der Waals surface area contributed by atoms with E-state index in [-0.39, 0.29) is 43.5 Å². The van der Waals surface area contributed by atoms with Crippen LogP contribution in [0.3, 0.4) is 0 Å². The summed E-state index contributed by atoms with van der Waals surface area (Å²) in [6.45, 7) is 7.82. The fourth-order valence-corrected chi connectivity index (χ4v) is 6.72. The van der Waals surface area contributed by atoms with Gasteiger partial charge in [0.2, 0.25) is 5.91 Å². The average molecular weight is 868 g/mol. The van der Waals surface area contributed by atoms with Crippen LogP contribution in [0.4, 0.5) is 0 Å². The Morgan fingerprint density at radius 1 is 0.569 bits per heavy atom. The van der Waals surface area contributed by atoms with Gasteiger partial charge in [0.1, 0.15) is 13.2 Å². The zero-order valence-electron chi connectivity index (χ0n) is 37.3. The van der Waals surface area contributed by atoms with Crippen LogP contribution in [0.1, 0.15) is 136 Å². The van der Waals surface area contributed by atoms with Crippen LogP contribution in [0.25, 0.3) is 0 Å². The van der Waals surface area contributed by atoms with E-state index in [0.29, 0.717) is 54.7 Å². The van der Waals surface area contributed by atoms with Crippen molar-refractivity contribution in [3.05, 3.63) is 24.3 Å². The van der Waals surface area contributed by atoms with Crippen LogP contribution in [0.2, 0.25) is 0 Å². The largest absolute Gasteiger partial charge is 0.748 e. The first-order valence-electron chi connectivity index (χ1n) is 21.5. The summed E-state index contributed by atoms with van der Waals surface area (Å²) in [5.41, 5.74) is 0. The van der Waals surface area contributed by atoms with Crippen molar-refractivity contribution >= 4 is 38.1 Å². The van der Waals surface area contributed by atoms with E-state index in [1.165, 1.54) is 70.6 Å². The van der Waals surface area contributed by atoms with E-state index in [2.05, 4.69) is 19.9 Å². The Morgan fingerprint density at radius 2 is 1.00 bits per heavy atom. The lowest BCUT2D eigenvalue weighted by Gasteiger charge is -2.31. The third-order valence-corrected chi connectivity index (χ3v) is 11.3. The van der Waals surface area contributed by atoms with E-state index in [9.17, 15) is 40.3 Å². The molecule has 0 radical (unpaired) electrons. The Balaban J connectivity index is 0. The fourth-order valence-electron chi connectivity index (χ4n) is 5.75. The van der Waals surface area contributed by atoms with Crippen molar-refractivity contribution in [3.8, 4) is 0 Å². The molecule has 58 heavy (non-hydrogen) atoms. The molecule has 0 aromatic carbocycles. The molecule has 0 aliphatic carbocycles. The quantitative estimate of drug-likeness (QED) is 0.0173. The summed E-state index contributed by atoms with van der Waals surface area (Å²) in [7, 11) is 1.08. The molecule has 0 saturated carbocycles. The molecule has 0 fully saturated rings. The molecule has 0 atom stereocenters. The SMILES string of the molecule is CCCCCCCCCC=CC=CC(=O)N(C)CC[N+](C)(C)CCCS(=O)(=O)[O-].CCCCCCCCCOC(=O)CCC(=O)OCC[N+](C)(C)CCCS(=O)(=O)[O-]. The number of esters is 2. The number of ether oxygens (including phenoxy) is 2. The van der Waals surface area contributed by atoms with Crippen molar-refractivity contribution < 1.29 is 58.8 Å². The molecule has 0 unspecified atom stereocenters. The van der Waals surface area contributed by atoms with Crippen LogP contribution >= 0.6 is 0 Å². The van der Waals surface area contributed by atoms with Gasteiger partial charge < -0.3 is 32.4 Å². The third kappa shape index (κ3) is 43.2. The monoisotopic (exact) mass is 868 g/mol. The molecule has 0 aromatic heterocycles. The van der Waals surface area contributed by atoms with Gasteiger partial charge >= 0.3 is 11.9 Å². The lowest BCUT2D eigenvalue weighted by molar-refractivity contribution is -0.890. The number of unbranched alkanes of at least 4 members (excludes halogenated alkanes) is 13. The summed E-state index contributed by atoms with van der Waals surface area (Å²) in [6.07, 6.45) is 26.2. The second-order valence-corrected chi connectivity index (χ2v) is 19.6. The molecule has 14 nitrogen and oxygen atoms in total. The van der Waals surface area contributed by atoms with Gasteiger partial charge in [-0.15, -0.1) is 0 Å². The van der Waals surface area contributed by atoms with Crippen LogP contribution < -0.4 is 0 Å². The van der Waals surface area contributed by atoms with Gasteiger partial charge in [0, 0.05) is 37.5 Å². The first-order valence-corrected chi connectivity index (χ1v) is 24.7. The molecule has 1 amide bonds. The van der Waals surface area contributed by atoms with E-state index >= 15 is 0 Å². The standard InChI is InChI=1S/C22H42N2O4S.C20H39NO7S/c1-5-6-7-8-9-10-11-12-13-14-15-17-22(25)23(2)18-20-24(3,4)19-16-21-29(26,27)28;1-4-5-6-7-8-9-10-16-27-19(22)12-13-20(23)28-17-15-21(2,3)14-11-18-29(24,25)26/h13-15,17H,5-12,16,18-21H2,1-4H3;4-18H2,1-3H3. The number of allylic oxidation sites excluding steroid dienone is 3. The van der Waals surface area contributed by atoms with E-state index in [0.717, 1.165) is 25.7 Å². The average Bonchev–Trinajstić information content (AvgIpc) is 3.12. The minimum Gasteiger partial charge on any atom is -0.748 e. The molecule has 0 heterocycles. The van der Waals surface area contributed by atoms with Crippen molar-refractivity contribution in [1.82, 2.24) is 4.90 Å². The first-order chi connectivity index (χ1) is 27.1. The Morgan fingerprint density at radius 3 is 1.48 bits per heavy atom. The normalized spacial score (nSPS) is 12.4. The maximum atomic E-state index is 12.1. The van der Waals surface area contributed by atoms with E-state index in [1.54, 1.807) is 24.1 Å². The molecular weight excluding hydrogens is 787 g/mol. The van der Waals surface area contributed by atoms with Gasteiger partial charge in [-0.1, -0.05) is 109 Å². The lowest BCUT2D eigenvalue weighted by atomic mass is 10.1. The fraction of sp³-hybridized carbons (Fsp3) is 0.833. The van der Waals surface area contributed by atoms with Crippen molar-refractivity contribution in [2.24, 2.45) is 0 Å². The van der Waals surface area contributed by atoms with Crippen molar-refractivity contribution in [2.45, 2.75) is 136 Å². The topological polar surface area (TPSA) is 187 Å². The highest BCUT2D eigenvalue weighted by Gasteiger charge is 2.18. The number of hydrogen-bond acceptors (Lipinski definition) is 11. The van der Waals surface area contributed by atoms with Crippen LogP contribution in [-0.4, -0.2) is 150 Å². The number of quaternary nitrogens is 2. The molecule has 0 N–H and O–H groups in total. The van der Waals surface area contributed by atoms with Gasteiger partial charge in [-0.25, -0.2) is 16.8 Å². The number of hydrogen-bond donors (Lipinski definition) is 0. The Bertz CT molecular complexity index is 1370. The zero-order valence-corrected chi connectivity index (χ0v) is 38.9. The highest BCUT2D eigenvalue weighted by molar-refractivity contribution is 7.85. The summed E-state index contributed by atoms with van der Waals surface area (Å²) in [5.74, 6) is -1.62. The summed E-state index contributed by atoms with van der Waals surface area (Å²) >= 11 is 0. The maximum Gasteiger partial charge on any atom is 0.306 e. The molecule has 0 bridgehead atoms. The summed E-state index contributed by atoms with van der Waals surface area (Å²) in [5, 5.41) is 0. The van der Waals surface area contributed by atoms with Gasteiger partial charge in [0.05, 0.1) is 94.1 Å². The lowest BCUT2D eigenvalue weighted by Crippen LogP contribution is -2.46. The molecule has 0 aliphatic heterocycles. The van der Waals surface area contributed by atoms with Gasteiger partial charge in [0.25, 0.3) is 0 Å². The smallest absolute Gasteiger partial charge is 0.306 e. The van der Waals surface area contributed by atoms with E-state index in [4.69, 9.17) is 9.47 Å². The second kappa shape index (κ2) is 34.4. The zero-order chi connectivity index (χ0) is 44.4. The highest BCUT2D eigenvalue weighted by atomic mass is 32.2. The number of nitrogens with zero attached hydrogens (tertiary/aromatic N) is 3. The predicted molar refractivity (Wildman–Crippen MR) is 230 cm³/mol. The minimum absolute atomic E-state index is 0.00887. The van der Waals surface area contributed by atoms with Gasteiger partial charge in [-0.3, -0.25) is 14.4 Å². The Kier molecular flexibility index (Phi) is 34.2. The maximum absolute atomic E-state index is 12.1. The van der Waals surface area contributed by atoms with Gasteiger partial charge in [-0.2, -0.15) is 0 Å². The number of likely N-dealkylation sites (N-methyl/N-ethyl adjacent to an activating group) is 3. The molecule has 0 aromatic rings. The number of carbonyl (C=O) groups is 3. The predicted octanol–water partition coefficient (Wildman–Crippen LogP) is 6.32. The molecule has 0 rings (SSSR count). The van der Waals surface area contributed by atoms with Crippen molar-refractivity contribution in [2.75, 3.05) is 92.7 Å². The molecule has 16 heteroatoms. The van der Waals surface area contributed by atoms with Gasteiger partial charge in [0.15, 0.2) is 0 Å². The number of rotatable bonds is 35. The van der Waals surface area contributed by atoms with Crippen molar-refractivity contribution in [1.29, 1.82) is 0 Å². The van der Waals surface area contributed by atoms with Crippen LogP contribution in [0, 0.1) is 0 Å². The van der Waals surface area contributed by atoms with Gasteiger partial charge in [-0.05, 0) is 19.3 Å². The number of amides is 1. The minimum atomic E-state index is -4.20. The summed E-state index contributed by atoms with van der Waals surface area (Å²) in [4.78, 5) is 37.2. The Labute approximate surface area is 353 Å².